The van der Waals surface area contributed by atoms with Gasteiger partial charge in [0, 0.05) is 38.4 Å². The van der Waals surface area contributed by atoms with Crippen LogP contribution >= 0.6 is 0 Å². The van der Waals surface area contributed by atoms with Crippen molar-refractivity contribution in [2.45, 2.75) is 26.3 Å². The zero-order valence-corrected chi connectivity index (χ0v) is 16.2. The fourth-order valence-electron chi connectivity index (χ4n) is 3.67. The summed E-state index contributed by atoms with van der Waals surface area (Å²) in [6.45, 7) is 7.54. The molecule has 0 radical (unpaired) electrons. The summed E-state index contributed by atoms with van der Waals surface area (Å²) >= 11 is 0. The minimum atomic E-state index is 0.703. The maximum absolute atomic E-state index is 5.98. The monoisotopic (exact) mass is 379 g/mol. The van der Waals surface area contributed by atoms with Crippen molar-refractivity contribution in [1.29, 1.82) is 0 Å². The van der Waals surface area contributed by atoms with Gasteiger partial charge in [-0.25, -0.2) is 15.0 Å². The zero-order chi connectivity index (χ0) is 18.9. The number of ether oxygens (including phenoxy) is 1. The predicted molar refractivity (Wildman–Crippen MR) is 106 cm³/mol. The van der Waals surface area contributed by atoms with Crippen molar-refractivity contribution >= 4 is 16.6 Å². The summed E-state index contributed by atoms with van der Waals surface area (Å²) < 4.78 is 11.3. The highest BCUT2D eigenvalue weighted by molar-refractivity contribution is 5.86. The van der Waals surface area contributed by atoms with E-state index in [1.54, 1.807) is 6.33 Å². The highest BCUT2D eigenvalue weighted by Crippen LogP contribution is 2.32. The molecule has 146 valence electrons. The van der Waals surface area contributed by atoms with Crippen molar-refractivity contribution in [3.05, 3.63) is 42.4 Å². The van der Waals surface area contributed by atoms with Gasteiger partial charge in [-0.1, -0.05) is 0 Å². The number of hydrogen-bond donors (Lipinski definition) is 0. The van der Waals surface area contributed by atoms with E-state index >= 15 is 0 Å². The molecule has 0 amide bonds. The molecule has 1 saturated heterocycles. The Hall–Kier alpha value is -2.67. The van der Waals surface area contributed by atoms with Gasteiger partial charge in [0.1, 0.15) is 12.1 Å². The maximum atomic E-state index is 5.98. The van der Waals surface area contributed by atoms with Crippen molar-refractivity contribution in [1.82, 2.24) is 19.9 Å². The first kappa shape index (κ1) is 17.4. The third-order valence-electron chi connectivity index (χ3n) is 5.69. The van der Waals surface area contributed by atoms with Crippen LogP contribution in [-0.4, -0.2) is 52.6 Å². The Morgan fingerprint density at radius 1 is 1.11 bits per heavy atom. The lowest BCUT2D eigenvalue weighted by Gasteiger charge is -2.36. The highest BCUT2D eigenvalue weighted by Gasteiger charge is 2.23. The summed E-state index contributed by atoms with van der Waals surface area (Å²) in [5.74, 6) is 2.32. The molecule has 1 saturated carbocycles. The number of rotatable bonds is 6. The van der Waals surface area contributed by atoms with Crippen LogP contribution in [0.3, 0.4) is 0 Å². The predicted octanol–water partition coefficient (Wildman–Crippen LogP) is 3.04. The van der Waals surface area contributed by atoms with Gasteiger partial charge in [-0.2, -0.15) is 0 Å². The van der Waals surface area contributed by atoms with Gasteiger partial charge in [0.05, 0.1) is 23.2 Å². The molecule has 0 unspecified atom stereocenters. The topological polar surface area (TPSA) is 67.5 Å². The van der Waals surface area contributed by atoms with E-state index in [2.05, 4.69) is 43.0 Å². The van der Waals surface area contributed by atoms with Crippen LogP contribution in [-0.2, 0) is 6.54 Å². The average Bonchev–Trinajstić information content (AvgIpc) is 3.48. The van der Waals surface area contributed by atoms with Gasteiger partial charge in [-0.3, -0.25) is 4.90 Å². The largest absolute Gasteiger partial charge is 0.477 e. The zero-order valence-electron chi connectivity index (χ0n) is 16.2. The Balaban J connectivity index is 1.28. The molecule has 1 aliphatic heterocycles. The minimum Gasteiger partial charge on any atom is -0.477 e. The van der Waals surface area contributed by atoms with Crippen LogP contribution < -0.4 is 9.64 Å². The SMILES string of the molecule is Cc1ocnc1CN1CCN(c2ccc3ncnc(OCC4CC4)c3c2)CC1. The summed E-state index contributed by atoms with van der Waals surface area (Å²) in [7, 11) is 0. The molecule has 5 rings (SSSR count). The number of piperazine rings is 1. The molecular weight excluding hydrogens is 354 g/mol. The second-order valence-electron chi connectivity index (χ2n) is 7.75. The van der Waals surface area contributed by atoms with Crippen LogP contribution in [0.5, 0.6) is 5.88 Å². The van der Waals surface area contributed by atoms with Gasteiger partial charge in [0.2, 0.25) is 5.88 Å². The summed E-state index contributed by atoms with van der Waals surface area (Å²) in [5.41, 5.74) is 3.18. The summed E-state index contributed by atoms with van der Waals surface area (Å²) in [5, 5.41) is 1.00. The van der Waals surface area contributed by atoms with Crippen LogP contribution in [0, 0.1) is 12.8 Å². The number of aromatic nitrogens is 3. The molecule has 2 aliphatic rings. The lowest BCUT2D eigenvalue weighted by molar-refractivity contribution is 0.246. The fraction of sp³-hybridized carbons (Fsp3) is 0.476. The van der Waals surface area contributed by atoms with Gasteiger partial charge in [0.15, 0.2) is 6.39 Å². The standard InChI is InChI=1S/C21H25N5O2/c1-15-20(24-14-28-15)11-25-6-8-26(9-7-25)17-4-5-19-18(10-17)21(23-13-22-19)27-12-16-2-3-16/h4-5,10,13-14,16H,2-3,6-9,11-12H2,1H3. The summed E-state index contributed by atoms with van der Waals surface area (Å²) in [6.07, 6.45) is 5.66. The van der Waals surface area contributed by atoms with E-state index in [4.69, 9.17) is 9.15 Å². The smallest absolute Gasteiger partial charge is 0.224 e. The van der Waals surface area contributed by atoms with E-state index in [9.17, 15) is 0 Å². The number of hydrogen-bond acceptors (Lipinski definition) is 7. The van der Waals surface area contributed by atoms with E-state index in [0.29, 0.717) is 11.8 Å². The molecule has 1 aliphatic carbocycles. The van der Waals surface area contributed by atoms with Gasteiger partial charge < -0.3 is 14.1 Å². The molecule has 7 nitrogen and oxygen atoms in total. The Morgan fingerprint density at radius 3 is 2.71 bits per heavy atom. The quantitative estimate of drug-likeness (QED) is 0.652. The Labute approximate surface area is 164 Å². The normalized spacial score (nSPS) is 18.0. The van der Waals surface area contributed by atoms with Crippen molar-refractivity contribution in [3.63, 3.8) is 0 Å². The van der Waals surface area contributed by atoms with Gasteiger partial charge in [-0.15, -0.1) is 0 Å². The fourth-order valence-corrected chi connectivity index (χ4v) is 3.67. The minimum absolute atomic E-state index is 0.703. The first-order chi connectivity index (χ1) is 13.8. The van der Waals surface area contributed by atoms with Crippen LogP contribution in [0.15, 0.2) is 35.3 Å². The molecule has 0 N–H and O–H groups in total. The van der Waals surface area contributed by atoms with Gasteiger partial charge >= 0.3 is 0 Å². The van der Waals surface area contributed by atoms with E-state index in [0.717, 1.165) is 61.7 Å². The number of benzene rings is 1. The molecule has 0 atom stereocenters. The number of nitrogens with zero attached hydrogens (tertiary/aromatic N) is 5. The molecule has 2 fully saturated rings. The third kappa shape index (κ3) is 3.67. The first-order valence-corrected chi connectivity index (χ1v) is 10.00. The van der Waals surface area contributed by atoms with Crippen molar-refractivity contribution in [2.75, 3.05) is 37.7 Å². The molecule has 3 heterocycles. The van der Waals surface area contributed by atoms with Crippen LogP contribution in [0.1, 0.15) is 24.3 Å². The van der Waals surface area contributed by atoms with Crippen molar-refractivity contribution < 1.29 is 9.15 Å². The van der Waals surface area contributed by atoms with Crippen LogP contribution in [0.4, 0.5) is 5.69 Å². The highest BCUT2D eigenvalue weighted by atomic mass is 16.5. The number of oxazole rings is 1. The van der Waals surface area contributed by atoms with Crippen molar-refractivity contribution in [2.24, 2.45) is 5.92 Å². The molecular formula is C21H25N5O2. The third-order valence-corrected chi connectivity index (χ3v) is 5.69. The Kier molecular flexibility index (Phi) is 4.60. The van der Waals surface area contributed by atoms with E-state index in [1.807, 2.05) is 6.92 Å². The molecule has 28 heavy (non-hydrogen) atoms. The maximum Gasteiger partial charge on any atom is 0.224 e. The van der Waals surface area contributed by atoms with E-state index in [-0.39, 0.29) is 0 Å². The van der Waals surface area contributed by atoms with Gasteiger partial charge in [-0.05, 0) is 43.9 Å². The second kappa shape index (κ2) is 7.39. The number of aryl methyl sites for hydroxylation is 1. The van der Waals surface area contributed by atoms with Crippen molar-refractivity contribution in [3.8, 4) is 5.88 Å². The molecule has 7 heteroatoms. The molecule has 3 aromatic rings. The summed E-state index contributed by atoms with van der Waals surface area (Å²) in [6, 6.07) is 6.40. The lowest BCUT2D eigenvalue weighted by Crippen LogP contribution is -2.46. The second-order valence-corrected chi connectivity index (χ2v) is 7.75. The molecule has 2 aromatic heterocycles. The molecule has 0 bridgehead atoms. The molecule has 0 spiro atoms. The summed E-state index contributed by atoms with van der Waals surface area (Å²) in [4.78, 5) is 17.9. The van der Waals surface area contributed by atoms with Crippen LogP contribution in [0.2, 0.25) is 0 Å². The van der Waals surface area contributed by atoms with Gasteiger partial charge in [0.25, 0.3) is 0 Å². The number of fused-ring (bicyclic) bond motifs is 1. The van der Waals surface area contributed by atoms with E-state index in [1.165, 1.54) is 24.9 Å². The Bertz CT molecular complexity index is 960. The number of anilines is 1. The lowest BCUT2D eigenvalue weighted by atomic mass is 10.2. The molecule has 1 aromatic carbocycles. The first-order valence-electron chi connectivity index (χ1n) is 10.00. The average molecular weight is 379 g/mol. The Morgan fingerprint density at radius 2 is 1.96 bits per heavy atom. The van der Waals surface area contributed by atoms with Crippen LogP contribution in [0.25, 0.3) is 10.9 Å². The van der Waals surface area contributed by atoms with E-state index < -0.39 is 0 Å².